The molecule has 2 aromatic carbocycles. The molecular weight excluding hydrogens is 316 g/mol. The molecule has 3 rings (SSSR count). The highest BCUT2D eigenvalue weighted by Crippen LogP contribution is 2.32. The number of amides is 1. The molecule has 5 heteroatoms. The lowest BCUT2D eigenvalue weighted by Gasteiger charge is -2.21. The number of aryl methyl sites for hydroxylation is 1. The molecule has 2 aromatic rings. The summed E-state index contributed by atoms with van der Waals surface area (Å²) in [4.78, 5) is 14.4. The van der Waals surface area contributed by atoms with Crippen LogP contribution in [0.4, 0.5) is 0 Å². The van der Waals surface area contributed by atoms with Crippen LogP contribution >= 0.6 is 0 Å². The molecule has 25 heavy (non-hydrogen) atoms. The first-order valence-electron chi connectivity index (χ1n) is 8.35. The third-order valence-electron chi connectivity index (χ3n) is 4.26. The highest BCUT2D eigenvalue weighted by molar-refractivity contribution is 5.76. The highest BCUT2D eigenvalue weighted by atomic mass is 16.7. The van der Waals surface area contributed by atoms with Crippen LogP contribution in [-0.2, 0) is 17.8 Å². The molecule has 5 nitrogen and oxygen atoms in total. The molecule has 1 amide bonds. The molecule has 0 bridgehead atoms. The normalized spacial score (nSPS) is 11.8. The summed E-state index contributed by atoms with van der Waals surface area (Å²) in [7, 11) is 0. The Morgan fingerprint density at radius 1 is 1.12 bits per heavy atom. The summed E-state index contributed by atoms with van der Waals surface area (Å²) in [6.45, 7) is 3.44. The van der Waals surface area contributed by atoms with Crippen LogP contribution < -0.4 is 9.47 Å². The van der Waals surface area contributed by atoms with E-state index < -0.39 is 0 Å². The number of nitrogens with zero attached hydrogens (tertiary/aromatic N) is 2. The Bertz CT molecular complexity index is 794. The Morgan fingerprint density at radius 3 is 2.56 bits per heavy atom. The van der Waals surface area contributed by atoms with Crippen LogP contribution in [0, 0.1) is 11.3 Å². The van der Waals surface area contributed by atoms with E-state index in [9.17, 15) is 4.79 Å². The minimum absolute atomic E-state index is 0.115. The molecule has 0 saturated carbocycles. The predicted octanol–water partition coefficient (Wildman–Crippen LogP) is 3.27. The Balaban J connectivity index is 1.58. The number of rotatable bonds is 6. The van der Waals surface area contributed by atoms with Gasteiger partial charge in [-0.05, 0) is 48.7 Å². The van der Waals surface area contributed by atoms with Crippen molar-refractivity contribution in [3.63, 3.8) is 0 Å². The lowest BCUT2D eigenvalue weighted by Crippen LogP contribution is -2.30. The van der Waals surface area contributed by atoms with Crippen molar-refractivity contribution < 1.29 is 14.3 Å². The SMILES string of the molecule is CCN(Cc1ccc2c(c1)OCO2)C(=O)CCc1ccc(C#N)cc1. The van der Waals surface area contributed by atoms with Crippen molar-refractivity contribution in [2.45, 2.75) is 26.3 Å². The van der Waals surface area contributed by atoms with Crippen LogP contribution in [0.2, 0.25) is 0 Å². The maximum atomic E-state index is 12.5. The number of carbonyl (C=O) groups excluding carboxylic acids is 1. The zero-order chi connectivity index (χ0) is 17.6. The van der Waals surface area contributed by atoms with Crippen molar-refractivity contribution >= 4 is 5.91 Å². The summed E-state index contributed by atoms with van der Waals surface area (Å²) in [6.07, 6.45) is 1.12. The predicted molar refractivity (Wildman–Crippen MR) is 93.1 cm³/mol. The fraction of sp³-hybridized carbons (Fsp3) is 0.300. The molecule has 0 aromatic heterocycles. The van der Waals surface area contributed by atoms with Crippen molar-refractivity contribution in [2.75, 3.05) is 13.3 Å². The van der Waals surface area contributed by atoms with E-state index in [-0.39, 0.29) is 12.7 Å². The first kappa shape index (κ1) is 16.8. The molecule has 128 valence electrons. The maximum absolute atomic E-state index is 12.5. The molecule has 0 saturated heterocycles. The Labute approximate surface area is 147 Å². The van der Waals surface area contributed by atoms with Gasteiger partial charge in [-0.3, -0.25) is 4.79 Å². The highest BCUT2D eigenvalue weighted by Gasteiger charge is 2.16. The largest absolute Gasteiger partial charge is 0.454 e. The second-order valence-corrected chi connectivity index (χ2v) is 5.90. The quantitative estimate of drug-likeness (QED) is 0.812. The molecule has 1 aliphatic rings. The van der Waals surface area contributed by atoms with E-state index in [1.54, 1.807) is 12.1 Å². The standard InChI is InChI=1S/C20H20N2O3/c1-2-22(13-17-7-9-18-19(11-17)25-14-24-18)20(23)10-8-15-3-5-16(12-21)6-4-15/h3-7,9,11H,2,8,10,13-14H2,1H3. The molecule has 1 aliphatic heterocycles. The first-order chi connectivity index (χ1) is 12.2. The molecule has 0 radical (unpaired) electrons. The van der Waals surface area contributed by atoms with Crippen molar-refractivity contribution in [1.29, 1.82) is 5.26 Å². The van der Waals surface area contributed by atoms with Gasteiger partial charge in [0.2, 0.25) is 12.7 Å². The van der Waals surface area contributed by atoms with Gasteiger partial charge in [-0.25, -0.2) is 0 Å². The van der Waals surface area contributed by atoms with E-state index in [1.165, 1.54) is 0 Å². The van der Waals surface area contributed by atoms with E-state index in [2.05, 4.69) is 6.07 Å². The van der Waals surface area contributed by atoms with E-state index in [0.29, 0.717) is 31.5 Å². The van der Waals surface area contributed by atoms with Gasteiger partial charge in [0, 0.05) is 19.5 Å². The fourth-order valence-corrected chi connectivity index (χ4v) is 2.79. The summed E-state index contributed by atoms with van der Waals surface area (Å²) in [6, 6.07) is 15.2. The van der Waals surface area contributed by atoms with Gasteiger partial charge in [0.05, 0.1) is 11.6 Å². The number of ether oxygens (including phenoxy) is 2. The molecule has 1 heterocycles. The summed E-state index contributed by atoms with van der Waals surface area (Å²) in [5, 5.41) is 8.82. The van der Waals surface area contributed by atoms with Crippen LogP contribution in [-0.4, -0.2) is 24.1 Å². The van der Waals surface area contributed by atoms with Crippen LogP contribution in [0.1, 0.15) is 30.0 Å². The topological polar surface area (TPSA) is 62.6 Å². The number of nitriles is 1. The average Bonchev–Trinajstić information content (AvgIpc) is 3.12. The zero-order valence-electron chi connectivity index (χ0n) is 14.2. The number of hydrogen-bond acceptors (Lipinski definition) is 4. The van der Waals surface area contributed by atoms with E-state index in [4.69, 9.17) is 14.7 Å². The summed E-state index contributed by atoms with van der Waals surface area (Å²) in [5.74, 6) is 1.60. The number of fused-ring (bicyclic) bond motifs is 1. The second-order valence-electron chi connectivity index (χ2n) is 5.90. The van der Waals surface area contributed by atoms with Crippen LogP contribution in [0.15, 0.2) is 42.5 Å². The lowest BCUT2D eigenvalue weighted by atomic mass is 10.1. The van der Waals surface area contributed by atoms with Gasteiger partial charge >= 0.3 is 0 Å². The van der Waals surface area contributed by atoms with E-state index in [1.807, 2.05) is 42.2 Å². The van der Waals surface area contributed by atoms with Crippen molar-refractivity contribution in [3.05, 3.63) is 59.2 Å². The molecule has 0 N–H and O–H groups in total. The molecule has 0 spiro atoms. The molecule has 0 fully saturated rings. The Kier molecular flexibility index (Phi) is 5.20. The summed E-state index contributed by atoms with van der Waals surface area (Å²) >= 11 is 0. The average molecular weight is 336 g/mol. The molecular formula is C20H20N2O3. The molecule has 0 atom stereocenters. The van der Waals surface area contributed by atoms with Crippen molar-refractivity contribution in [3.8, 4) is 17.6 Å². The monoisotopic (exact) mass is 336 g/mol. The third kappa shape index (κ3) is 4.10. The van der Waals surface area contributed by atoms with Gasteiger partial charge in [-0.2, -0.15) is 5.26 Å². The van der Waals surface area contributed by atoms with Crippen LogP contribution in [0.5, 0.6) is 11.5 Å². The summed E-state index contributed by atoms with van der Waals surface area (Å²) < 4.78 is 10.7. The molecule has 0 unspecified atom stereocenters. The minimum Gasteiger partial charge on any atom is -0.454 e. The van der Waals surface area contributed by atoms with Gasteiger partial charge in [-0.1, -0.05) is 18.2 Å². The first-order valence-corrected chi connectivity index (χ1v) is 8.35. The smallest absolute Gasteiger partial charge is 0.231 e. The minimum atomic E-state index is 0.115. The maximum Gasteiger partial charge on any atom is 0.231 e. The number of hydrogen-bond donors (Lipinski definition) is 0. The van der Waals surface area contributed by atoms with E-state index >= 15 is 0 Å². The fourth-order valence-electron chi connectivity index (χ4n) is 2.79. The number of benzene rings is 2. The van der Waals surface area contributed by atoms with Crippen molar-refractivity contribution in [2.24, 2.45) is 0 Å². The zero-order valence-corrected chi connectivity index (χ0v) is 14.2. The van der Waals surface area contributed by atoms with Crippen LogP contribution in [0.25, 0.3) is 0 Å². The van der Waals surface area contributed by atoms with Gasteiger partial charge in [0.25, 0.3) is 0 Å². The number of carbonyl (C=O) groups is 1. The van der Waals surface area contributed by atoms with Crippen LogP contribution in [0.3, 0.4) is 0 Å². The molecule has 0 aliphatic carbocycles. The summed E-state index contributed by atoms with van der Waals surface area (Å²) in [5.41, 5.74) is 2.72. The second kappa shape index (κ2) is 7.71. The van der Waals surface area contributed by atoms with E-state index in [0.717, 1.165) is 22.6 Å². The van der Waals surface area contributed by atoms with Gasteiger partial charge in [0.15, 0.2) is 11.5 Å². The van der Waals surface area contributed by atoms with Gasteiger partial charge < -0.3 is 14.4 Å². The van der Waals surface area contributed by atoms with Crippen molar-refractivity contribution in [1.82, 2.24) is 4.90 Å². The lowest BCUT2D eigenvalue weighted by molar-refractivity contribution is -0.131. The van der Waals surface area contributed by atoms with Gasteiger partial charge in [-0.15, -0.1) is 0 Å². The Hall–Kier alpha value is -3.00. The van der Waals surface area contributed by atoms with Gasteiger partial charge in [0.1, 0.15) is 0 Å². The Morgan fingerprint density at radius 2 is 1.84 bits per heavy atom. The third-order valence-corrected chi connectivity index (χ3v) is 4.26.